The van der Waals surface area contributed by atoms with Crippen molar-refractivity contribution in [3.63, 3.8) is 0 Å². The van der Waals surface area contributed by atoms with Gasteiger partial charge in [0.1, 0.15) is 12.7 Å². The molecule has 0 aliphatic carbocycles. The minimum Gasteiger partial charge on any atom is -0.466 e. The highest BCUT2D eigenvalue weighted by molar-refractivity contribution is 7.99. The van der Waals surface area contributed by atoms with Gasteiger partial charge in [-0.05, 0) is 158 Å². The van der Waals surface area contributed by atoms with Crippen LogP contribution in [0.1, 0.15) is 245 Å². The summed E-state index contributed by atoms with van der Waals surface area (Å²) in [5.41, 5.74) is 0. The summed E-state index contributed by atoms with van der Waals surface area (Å²) in [4.78, 5) is 81.7. The molecule has 0 saturated carbocycles. The van der Waals surface area contributed by atoms with E-state index in [1.54, 1.807) is 0 Å². The Balaban J connectivity index is 5.46. The van der Waals surface area contributed by atoms with Crippen molar-refractivity contribution in [2.75, 3.05) is 127 Å². The van der Waals surface area contributed by atoms with E-state index in [2.05, 4.69) is 48.7 Å². The molecule has 1 atom stereocenters. The van der Waals surface area contributed by atoms with Crippen LogP contribution in [-0.2, 0) is 61.9 Å². The van der Waals surface area contributed by atoms with Crippen molar-refractivity contribution in [1.82, 2.24) is 9.80 Å². The maximum atomic E-state index is 13.5. The van der Waals surface area contributed by atoms with Crippen molar-refractivity contribution in [3.05, 3.63) is 0 Å². The summed E-state index contributed by atoms with van der Waals surface area (Å²) in [6, 6.07) is 0. The third-order valence-electron chi connectivity index (χ3n) is 14.9. The van der Waals surface area contributed by atoms with E-state index in [1.165, 1.54) is 100 Å². The van der Waals surface area contributed by atoms with Crippen molar-refractivity contribution in [1.29, 1.82) is 0 Å². The number of carbonyl (C=O) groups is 6. The van der Waals surface area contributed by atoms with Gasteiger partial charge in [-0.3, -0.25) is 28.9 Å². The van der Waals surface area contributed by atoms with Gasteiger partial charge in [0.25, 0.3) is 0 Å². The van der Waals surface area contributed by atoms with Crippen LogP contribution >= 0.6 is 47.0 Å². The first-order valence-corrected chi connectivity index (χ1v) is 39.3. The molecule has 0 fully saturated rings. The summed E-state index contributed by atoms with van der Waals surface area (Å²) >= 11 is 7.51. The van der Waals surface area contributed by atoms with Gasteiger partial charge >= 0.3 is 36.0 Å². The second kappa shape index (κ2) is 65.8. The topological polar surface area (TPSA) is 183 Å². The number of hydrogen-bond donors (Lipinski definition) is 0. The maximum absolute atomic E-state index is 13.5. The van der Waals surface area contributed by atoms with E-state index >= 15 is 0 Å². The molecule has 0 spiro atoms. The Morgan fingerprint density at radius 3 is 1.06 bits per heavy atom. The Kier molecular flexibility index (Phi) is 64.2. The predicted octanol–water partition coefficient (Wildman–Crippen LogP) is 15.7. The van der Waals surface area contributed by atoms with E-state index in [1.807, 2.05) is 47.0 Å². The Bertz CT molecular complexity index is 1400. The first-order valence-electron chi connectivity index (χ1n) is 33.7. The molecule has 86 heavy (non-hydrogen) atoms. The summed E-state index contributed by atoms with van der Waals surface area (Å²) in [5.74, 6) is 3.24. The van der Waals surface area contributed by atoms with Gasteiger partial charge in [0.05, 0.1) is 39.5 Å². The Morgan fingerprint density at radius 1 is 0.314 bits per heavy atom. The minimum absolute atomic E-state index is 0.00994. The van der Waals surface area contributed by atoms with E-state index in [0.29, 0.717) is 84.6 Å². The van der Waals surface area contributed by atoms with Crippen LogP contribution in [0.2, 0.25) is 0 Å². The zero-order valence-electron chi connectivity index (χ0n) is 55.2. The smallest absolute Gasteiger partial charge is 0.466 e. The number of hydrogen-bond acceptors (Lipinski definition) is 20. The predicted molar refractivity (Wildman–Crippen MR) is 360 cm³/mol. The molecule has 0 saturated heterocycles. The Labute approximate surface area is 540 Å². The van der Waals surface area contributed by atoms with Gasteiger partial charge < -0.3 is 42.8 Å². The lowest BCUT2D eigenvalue weighted by atomic mass is 10.1. The van der Waals surface area contributed by atoms with E-state index in [4.69, 9.17) is 37.9 Å². The average Bonchev–Trinajstić information content (AvgIpc) is 3.51. The van der Waals surface area contributed by atoms with Crippen LogP contribution in [0.4, 0.5) is 4.79 Å². The number of carbonyl (C=O) groups excluding carboxylic acids is 6. The van der Waals surface area contributed by atoms with Gasteiger partial charge in [0.15, 0.2) is 0 Å². The molecule has 0 bridgehead atoms. The van der Waals surface area contributed by atoms with Crippen LogP contribution in [0.3, 0.4) is 0 Å². The molecule has 0 N–H and O–H groups in total. The standard InChI is InChI=1S/C66H124N2O14S4/c1-7-67(8-2)46-47-68(45-36-42-64(73)81-59(37-33-39-60(69)75-49-25-17-9-13-21-29-55-83-3)38-34-40-61(70)76-50-26-18-10-14-22-30-56-84-4)48-54-80-66(74)82-65(43-35-41-62(71)77-51-27-19-11-15-23-31-57-85-5)79-53-44-63(72)78-52-28-20-12-16-24-32-58-86-6/h59,65H,7-58H2,1-6H3. The summed E-state index contributed by atoms with van der Waals surface area (Å²) in [7, 11) is 0. The molecule has 16 nitrogen and oxygen atoms in total. The molecule has 0 radical (unpaired) electrons. The summed E-state index contributed by atoms with van der Waals surface area (Å²) in [5, 5.41) is 0. The number of ether oxygens (including phenoxy) is 8. The fourth-order valence-electron chi connectivity index (χ4n) is 9.58. The van der Waals surface area contributed by atoms with Gasteiger partial charge in [0, 0.05) is 51.7 Å². The Hall–Kier alpha value is -2.10. The van der Waals surface area contributed by atoms with Crippen molar-refractivity contribution in [2.45, 2.75) is 257 Å². The molecule has 0 amide bonds. The summed E-state index contributed by atoms with van der Waals surface area (Å²) in [6.07, 6.45) is 36.5. The molecular weight excluding hydrogens is 1170 g/mol. The lowest BCUT2D eigenvalue weighted by molar-refractivity contribution is -0.153. The van der Waals surface area contributed by atoms with Gasteiger partial charge in [-0.2, -0.15) is 47.0 Å². The van der Waals surface area contributed by atoms with E-state index in [9.17, 15) is 28.8 Å². The quantitative estimate of drug-likeness (QED) is 0.0242. The minimum atomic E-state index is -1.05. The van der Waals surface area contributed by atoms with Crippen LogP contribution in [0.5, 0.6) is 0 Å². The van der Waals surface area contributed by atoms with Crippen LogP contribution in [0.15, 0.2) is 0 Å². The molecule has 0 aliphatic heterocycles. The van der Waals surface area contributed by atoms with Gasteiger partial charge in [0.2, 0.25) is 6.29 Å². The number of thioether (sulfide) groups is 4. The number of unbranched alkanes of at least 4 members (excludes halogenated alkanes) is 20. The molecule has 0 heterocycles. The molecule has 0 aromatic carbocycles. The highest BCUT2D eigenvalue weighted by Crippen LogP contribution is 2.18. The van der Waals surface area contributed by atoms with Gasteiger partial charge in [-0.25, -0.2) is 4.79 Å². The zero-order valence-corrected chi connectivity index (χ0v) is 58.4. The first-order chi connectivity index (χ1) is 42.0. The van der Waals surface area contributed by atoms with Crippen LogP contribution in [0, 0.1) is 0 Å². The Morgan fingerprint density at radius 2 is 0.663 bits per heavy atom. The highest BCUT2D eigenvalue weighted by Gasteiger charge is 2.21. The molecule has 20 heteroatoms. The van der Waals surface area contributed by atoms with Crippen LogP contribution in [-0.4, -0.2) is 185 Å². The number of nitrogens with zero attached hydrogens (tertiary/aromatic N) is 2. The van der Waals surface area contributed by atoms with Crippen LogP contribution in [0.25, 0.3) is 0 Å². The average molecular weight is 1300 g/mol. The first kappa shape index (κ1) is 83.9. The second-order valence-corrected chi connectivity index (χ2v) is 26.3. The highest BCUT2D eigenvalue weighted by atomic mass is 32.2. The van der Waals surface area contributed by atoms with Gasteiger partial charge in [-0.1, -0.05) is 117 Å². The lowest BCUT2D eigenvalue weighted by Crippen LogP contribution is -2.38. The molecule has 0 aromatic heterocycles. The lowest BCUT2D eigenvalue weighted by Gasteiger charge is -2.26. The SMILES string of the molecule is CCN(CC)CCN(CCCC(=O)OC(CCCC(=O)OCCCCCCCCSC)CCCC(=O)OCCCCCCCCSC)CCOC(=O)OC(CCCC(=O)OCCCCCCCCSC)OCCC(=O)OCCCCCCCCSC. The molecule has 0 rings (SSSR count). The molecule has 0 aromatic rings. The normalized spacial score (nSPS) is 11.8. The number of esters is 5. The van der Waals surface area contributed by atoms with Gasteiger partial charge in [-0.15, -0.1) is 0 Å². The molecule has 1 unspecified atom stereocenters. The molecule has 506 valence electrons. The van der Waals surface area contributed by atoms with E-state index in [0.717, 1.165) is 96.7 Å². The zero-order chi connectivity index (χ0) is 63.0. The molecule has 0 aliphatic rings. The molecular formula is C66H124N2O14S4. The monoisotopic (exact) mass is 1300 g/mol. The third kappa shape index (κ3) is 59.5. The maximum Gasteiger partial charge on any atom is 0.510 e. The largest absolute Gasteiger partial charge is 0.510 e. The summed E-state index contributed by atoms with van der Waals surface area (Å²) < 4.78 is 45.2. The number of rotatable bonds is 66. The van der Waals surface area contributed by atoms with Crippen molar-refractivity contribution < 1.29 is 66.7 Å². The third-order valence-corrected chi connectivity index (χ3v) is 17.7. The second-order valence-electron chi connectivity index (χ2n) is 22.4. The van der Waals surface area contributed by atoms with Crippen molar-refractivity contribution in [2.24, 2.45) is 0 Å². The van der Waals surface area contributed by atoms with Crippen molar-refractivity contribution >= 4 is 83.0 Å². The van der Waals surface area contributed by atoms with E-state index in [-0.39, 0.29) is 81.6 Å². The fourth-order valence-corrected chi connectivity index (χ4v) is 11.5. The number of likely N-dealkylation sites (N-methyl/N-ethyl adjacent to an activating group) is 1. The van der Waals surface area contributed by atoms with Crippen molar-refractivity contribution in [3.8, 4) is 0 Å². The van der Waals surface area contributed by atoms with Crippen LogP contribution < -0.4 is 0 Å². The fraction of sp³-hybridized carbons (Fsp3) is 0.909. The summed E-state index contributed by atoms with van der Waals surface area (Å²) in [6.45, 7) is 9.92. The van der Waals surface area contributed by atoms with E-state index < -0.39 is 18.5 Å².